The Morgan fingerprint density at radius 1 is 1.25 bits per heavy atom. The van der Waals surface area contributed by atoms with Crippen molar-refractivity contribution in [3.8, 4) is 0 Å². The van der Waals surface area contributed by atoms with Gasteiger partial charge in [-0.2, -0.15) is 0 Å². The highest BCUT2D eigenvalue weighted by Gasteiger charge is 2.29. The van der Waals surface area contributed by atoms with Crippen LogP contribution in [0.15, 0.2) is 22.7 Å². The van der Waals surface area contributed by atoms with E-state index < -0.39 is 0 Å². The van der Waals surface area contributed by atoms with Crippen LogP contribution in [0.1, 0.15) is 24.8 Å². The van der Waals surface area contributed by atoms with Crippen molar-refractivity contribution in [3.63, 3.8) is 0 Å². The average Bonchev–Trinajstić information content (AvgIpc) is 2.75. The molecule has 1 unspecified atom stereocenters. The minimum Gasteiger partial charge on any atom is -0.389 e. The summed E-state index contributed by atoms with van der Waals surface area (Å²) < 4.78 is 0.995. The fraction of sp³-hybridized carbons (Fsp3) is 0.533. The van der Waals surface area contributed by atoms with Gasteiger partial charge in [-0.1, -0.05) is 18.3 Å². The maximum atomic E-state index is 5.93. The van der Waals surface area contributed by atoms with Gasteiger partial charge in [-0.25, -0.2) is 0 Å². The van der Waals surface area contributed by atoms with Crippen LogP contribution in [0.5, 0.6) is 0 Å². The zero-order valence-electron chi connectivity index (χ0n) is 11.5. The molecule has 3 nitrogen and oxygen atoms in total. The summed E-state index contributed by atoms with van der Waals surface area (Å²) in [7, 11) is 0. The Hall–Kier alpha value is -0.650. The van der Waals surface area contributed by atoms with E-state index in [0.717, 1.165) is 23.1 Å². The highest BCUT2D eigenvalue weighted by molar-refractivity contribution is 9.10. The van der Waals surface area contributed by atoms with Crippen molar-refractivity contribution in [3.05, 3.63) is 28.2 Å². The van der Waals surface area contributed by atoms with Gasteiger partial charge in [0.25, 0.3) is 0 Å². The van der Waals surface area contributed by atoms with Crippen LogP contribution >= 0.6 is 28.1 Å². The summed E-state index contributed by atoms with van der Waals surface area (Å²) in [5.41, 5.74) is 8.09. The molecule has 0 spiro atoms. The maximum Gasteiger partial charge on any atom is 0.107 e. The highest BCUT2D eigenvalue weighted by Crippen LogP contribution is 2.31. The van der Waals surface area contributed by atoms with E-state index in [1.807, 2.05) is 6.07 Å². The molecular weight excluding hydrogens is 334 g/mol. The standard InChI is InChI=1S/C15H20BrN3S/c16-12-5-1-6-13(14(12)15(17)20)19-9-3-8-18-7-2-4-11(18)10-19/h1,5-6,11H,2-4,7-10H2,(H2,17,20). The molecular formula is C15H20BrN3S. The SMILES string of the molecule is NC(=S)c1c(Br)cccc1N1CCCN2CCCC2C1. The van der Waals surface area contributed by atoms with Gasteiger partial charge in [0.05, 0.1) is 0 Å². The van der Waals surface area contributed by atoms with Gasteiger partial charge >= 0.3 is 0 Å². The molecule has 1 atom stereocenters. The van der Waals surface area contributed by atoms with Gasteiger partial charge in [-0.3, -0.25) is 4.90 Å². The second kappa shape index (κ2) is 6.00. The molecule has 1 aromatic rings. The number of halogens is 1. The average molecular weight is 354 g/mol. The minimum absolute atomic E-state index is 0.472. The van der Waals surface area contributed by atoms with Gasteiger partial charge in [-0.05, 0) is 53.9 Å². The lowest BCUT2D eigenvalue weighted by Crippen LogP contribution is -2.37. The van der Waals surface area contributed by atoms with Crippen LogP contribution in [0.3, 0.4) is 0 Å². The lowest BCUT2D eigenvalue weighted by molar-refractivity contribution is 0.273. The van der Waals surface area contributed by atoms with Crippen LogP contribution in [0.4, 0.5) is 5.69 Å². The number of rotatable bonds is 2. The molecule has 2 aliphatic heterocycles. The first-order valence-electron chi connectivity index (χ1n) is 7.24. The van der Waals surface area contributed by atoms with Crippen molar-refractivity contribution < 1.29 is 0 Å². The summed E-state index contributed by atoms with van der Waals surface area (Å²) in [6, 6.07) is 6.91. The summed E-state index contributed by atoms with van der Waals surface area (Å²) >= 11 is 8.83. The number of nitrogens with two attached hydrogens (primary N) is 1. The van der Waals surface area contributed by atoms with Crippen LogP contribution in [0.25, 0.3) is 0 Å². The fourth-order valence-corrected chi connectivity index (χ4v) is 4.36. The molecule has 3 rings (SSSR count). The Labute approximate surface area is 134 Å². The van der Waals surface area contributed by atoms with Crippen LogP contribution < -0.4 is 10.6 Å². The van der Waals surface area contributed by atoms with Gasteiger partial charge in [-0.15, -0.1) is 0 Å². The Morgan fingerprint density at radius 2 is 2.05 bits per heavy atom. The molecule has 2 N–H and O–H groups in total. The van der Waals surface area contributed by atoms with Crippen molar-refractivity contribution in [1.82, 2.24) is 4.90 Å². The lowest BCUT2D eigenvalue weighted by Gasteiger charge is -2.29. The fourth-order valence-electron chi connectivity index (χ4n) is 3.45. The predicted molar refractivity (Wildman–Crippen MR) is 91.5 cm³/mol. The van der Waals surface area contributed by atoms with E-state index in [1.165, 1.54) is 38.0 Å². The smallest absolute Gasteiger partial charge is 0.107 e. The number of thiocarbonyl (C=S) groups is 1. The second-order valence-corrected chi connectivity index (χ2v) is 6.92. The third-order valence-electron chi connectivity index (χ3n) is 4.38. The Morgan fingerprint density at radius 3 is 2.85 bits per heavy atom. The van der Waals surface area contributed by atoms with Crippen molar-refractivity contribution in [1.29, 1.82) is 0 Å². The largest absolute Gasteiger partial charge is 0.389 e. The second-order valence-electron chi connectivity index (χ2n) is 5.63. The number of hydrogen-bond acceptors (Lipinski definition) is 3. The molecule has 0 bridgehead atoms. The molecule has 0 aromatic heterocycles. The number of anilines is 1. The molecule has 1 aromatic carbocycles. The van der Waals surface area contributed by atoms with Gasteiger partial charge < -0.3 is 10.6 Å². The molecule has 0 saturated carbocycles. The molecule has 2 aliphatic rings. The molecule has 20 heavy (non-hydrogen) atoms. The maximum absolute atomic E-state index is 5.93. The predicted octanol–water partition coefficient (Wildman–Crippen LogP) is 2.76. The summed E-state index contributed by atoms with van der Waals surface area (Å²) in [5.74, 6) is 0. The zero-order valence-corrected chi connectivity index (χ0v) is 13.9. The quantitative estimate of drug-likeness (QED) is 0.828. The molecule has 2 saturated heterocycles. The van der Waals surface area contributed by atoms with Crippen molar-refractivity contribution >= 4 is 38.8 Å². The van der Waals surface area contributed by atoms with Crippen LogP contribution in [0, 0.1) is 0 Å². The van der Waals surface area contributed by atoms with Crippen molar-refractivity contribution in [2.75, 3.05) is 31.1 Å². The first kappa shape index (κ1) is 14.3. The summed E-state index contributed by atoms with van der Waals surface area (Å²) in [6.07, 6.45) is 3.85. The Kier molecular flexibility index (Phi) is 4.29. The van der Waals surface area contributed by atoms with E-state index >= 15 is 0 Å². The molecule has 2 heterocycles. The van der Waals surface area contributed by atoms with E-state index in [9.17, 15) is 0 Å². The molecule has 2 fully saturated rings. The van der Waals surface area contributed by atoms with Crippen LogP contribution in [0.2, 0.25) is 0 Å². The Balaban J connectivity index is 1.92. The first-order chi connectivity index (χ1) is 9.66. The summed E-state index contributed by atoms with van der Waals surface area (Å²) in [4.78, 5) is 5.58. The van der Waals surface area contributed by atoms with E-state index in [1.54, 1.807) is 0 Å². The third-order valence-corrected chi connectivity index (χ3v) is 5.25. The van der Waals surface area contributed by atoms with Crippen LogP contribution in [-0.4, -0.2) is 42.1 Å². The minimum atomic E-state index is 0.472. The van der Waals surface area contributed by atoms with E-state index in [4.69, 9.17) is 18.0 Å². The molecule has 0 amide bonds. The zero-order chi connectivity index (χ0) is 14.1. The van der Waals surface area contributed by atoms with Gasteiger partial charge in [0, 0.05) is 41.4 Å². The van der Waals surface area contributed by atoms with Crippen molar-refractivity contribution in [2.24, 2.45) is 5.73 Å². The lowest BCUT2D eigenvalue weighted by atomic mass is 10.1. The van der Waals surface area contributed by atoms with E-state index in [2.05, 4.69) is 37.9 Å². The number of nitrogens with zero attached hydrogens (tertiary/aromatic N) is 2. The molecule has 0 aliphatic carbocycles. The van der Waals surface area contributed by atoms with Crippen molar-refractivity contribution in [2.45, 2.75) is 25.3 Å². The van der Waals surface area contributed by atoms with E-state index in [-0.39, 0.29) is 0 Å². The number of benzene rings is 1. The normalized spacial score (nSPS) is 23.4. The molecule has 108 valence electrons. The Bertz CT molecular complexity index is 520. The monoisotopic (exact) mass is 353 g/mol. The van der Waals surface area contributed by atoms with Gasteiger partial charge in [0.1, 0.15) is 4.99 Å². The third kappa shape index (κ3) is 2.71. The number of fused-ring (bicyclic) bond motifs is 1. The summed E-state index contributed by atoms with van der Waals surface area (Å²) in [5, 5.41) is 0. The molecule has 5 heteroatoms. The molecule has 0 radical (unpaired) electrons. The highest BCUT2D eigenvalue weighted by atomic mass is 79.9. The van der Waals surface area contributed by atoms with E-state index in [0.29, 0.717) is 11.0 Å². The topological polar surface area (TPSA) is 32.5 Å². The van der Waals surface area contributed by atoms with Gasteiger partial charge in [0.15, 0.2) is 0 Å². The summed E-state index contributed by atoms with van der Waals surface area (Å²) in [6.45, 7) is 4.65. The van der Waals surface area contributed by atoms with Crippen LogP contribution in [-0.2, 0) is 0 Å². The number of hydrogen-bond donors (Lipinski definition) is 1. The first-order valence-corrected chi connectivity index (χ1v) is 8.44. The van der Waals surface area contributed by atoms with Gasteiger partial charge in [0.2, 0.25) is 0 Å².